The van der Waals surface area contributed by atoms with Crippen molar-refractivity contribution in [2.24, 2.45) is 0 Å². The molecule has 33 heavy (non-hydrogen) atoms. The number of likely N-dealkylation sites (tertiary alicyclic amines) is 1. The molecule has 2 heterocycles. The zero-order chi connectivity index (χ0) is 23.2. The average molecular weight is 455 g/mol. The Morgan fingerprint density at radius 3 is 1.91 bits per heavy atom. The van der Waals surface area contributed by atoms with Crippen LogP contribution in [0.2, 0.25) is 0 Å². The van der Waals surface area contributed by atoms with Gasteiger partial charge in [0.05, 0.1) is 22.8 Å². The molecule has 170 valence electrons. The van der Waals surface area contributed by atoms with Crippen molar-refractivity contribution in [1.82, 2.24) is 4.90 Å². The molecule has 1 amide bonds. The highest BCUT2D eigenvalue weighted by molar-refractivity contribution is 5.95. The lowest BCUT2D eigenvalue weighted by Gasteiger charge is -2.29. The number of ether oxygens (including phenoxy) is 2. The van der Waals surface area contributed by atoms with Crippen molar-refractivity contribution in [2.45, 2.75) is 24.7 Å². The van der Waals surface area contributed by atoms with E-state index in [0.717, 1.165) is 6.07 Å². The molecule has 0 aromatic heterocycles. The number of amides is 1. The number of benzene rings is 3. The predicted molar refractivity (Wildman–Crippen MR) is 112 cm³/mol. The first-order valence-corrected chi connectivity index (χ1v) is 10.6. The molecule has 0 atom stereocenters. The molecule has 0 saturated carbocycles. The zero-order valence-corrected chi connectivity index (χ0v) is 17.4. The molecule has 3 aromatic rings. The fourth-order valence-electron chi connectivity index (χ4n) is 4.25. The van der Waals surface area contributed by atoms with Crippen molar-refractivity contribution >= 4 is 5.91 Å². The molecule has 0 unspecified atom stereocenters. The number of carbonyl (C=O) groups excluding carboxylic acids is 1. The van der Waals surface area contributed by atoms with Crippen molar-refractivity contribution < 1.29 is 32.5 Å². The number of aliphatic hydroxyl groups is 1. The first-order valence-electron chi connectivity index (χ1n) is 10.6. The number of piperidine rings is 1. The van der Waals surface area contributed by atoms with Gasteiger partial charge in [-0.1, -0.05) is 24.3 Å². The number of aliphatic hydroxyl groups excluding tert-OH is 1. The van der Waals surface area contributed by atoms with Gasteiger partial charge in [0.2, 0.25) is 0 Å². The number of hydrogen-bond donors (Lipinski definition) is 1. The van der Waals surface area contributed by atoms with E-state index >= 15 is 0 Å². The van der Waals surface area contributed by atoms with E-state index in [1.807, 2.05) is 0 Å². The van der Waals surface area contributed by atoms with Crippen LogP contribution < -0.4 is 9.47 Å². The predicted octanol–water partition coefficient (Wildman–Crippen LogP) is 4.37. The van der Waals surface area contributed by atoms with Crippen molar-refractivity contribution in [1.29, 1.82) is 0 Å². The summed E-state index contributed by atoms with van der Waals surface area (Å²) < 4.78 is 56.6. The summed E-state index contributed by atoms with van der Waals surface area (Å²) in [4.78, 5) is 14.4. The summed E-state index contributed by atoms with van der Waals surface area (Å²) >= 11 is 0. The normalized spacial score (nSPS) is 17.3. The largest absolute Gasteiger partial charge is 0.440 e. The van der Waals surface area contributed by atoms with E-state index in [2.05, 4.69) is 0 Å². The monoisotopic (exact) mass is 455 g/mol. The lowest BCUT2D eigenvalue weighted by Crippen LogP contribution is -2.40. The quantitative estimate of drug-likeness (QED) is 0.637. The fraction of sp³-hybridized carbons (Fsp3) is 0.240. The second-order valence-electron chi connectivity index (χ2n) is 8.08. The number of fused-ring (bicyclic) bond motifs is 1. The molecule has 0 aliphatic carbocycles. The summed E-state index contributed by atoms with van der Waals surface area (Å²) in [6.45, 7) is 0.588. The Labute approximate surface area is 188 Å². The summed E-state index contributed by atoms with van der Waals surface area (Å²) in [7, 11) is 0. The van der Waals surface area contributed by atoms with Crippen LogP contribution in [0.1, 0.15) is 34.3 Å². The Kier molecular flexibility index (Phi) is 5.25. The van der Waals surface area contributed by atoms with Gasteiger partial charge in [-0.15, -0.1) is 0 Å². The molecular weight excluding hydrogens is 435 g/mol. The summed E-state index contributed by atoms with van der Waals surface area (Å²) in [6.07, 6.45) is 0.321. The van der Waals surface area contributed by atoms with E-state index in [-0.39, 0.29) is 28.2 Å². The van der Waals surface area contributed by atoms with E-state index in [0.29, 0.717) is 25.9 Å². The Bertz CT molecular complexity index is 1180. The summed E-state index contributed by atoms with van der Waals surface area (Å²) in [5.41, 5.74) is -0.430. The zero-order valence-electron chi connectivity index (χ0n) is 17.4. The highest BCUT2D eigenvalue weighted by Crippen LogP contribution is 2.49. The third-order valence-electron chi connectivity index (χ3n) is 5.98. The molecule has 8 heteroatoms. The van der Waals surface area contributed by atoms with Gasteiger partial charge in [0.1, 0.15) is 17.5 Å². The first kappa shape index (κ1) is 21.3. The van der Waals surface area contributed by atoms with Gasteiger partial charge in [0.25, 0.3) is 5.91 Å². The third-order valence-corrected chi connectivity index (χ3v) is 5.98. The SMILES string of the molecule is O=C(c1cc2c(cc1F)OC(c1ccccc1F)(c1ccccc1F)O2)N1CCC(O)CC1. The van der Waals surface area contributed by atoms with Gasteiger partial charge in [-0.05, 0) is 43.2 Å². The molecule has 1 fully saturated rings. The van der Waals surface area contributed by atoms with Crippen LogP contribution in [0, 0.1) is 17.5 Å². The van der Waals surface area contributed by atoms with E-state index in [9.17, 15) is 23.1 Å². The maximum atomic E-state index is 15.0. The average Bonchev–Trinajstić information content (AvgIpc) is 3.18. The Balaban J connectivity index is 1.58. The van der Waals surface area contributed by atoms with E-state index in [1.54, 1.807) is 12.1 Å². The van der Waals surface area contributed by atoms with Gasteiger partial charge in [0, 0.05) is 19.2 Å². The van der Waals surface area contributed by atoms with Crippen LogP contribution in [-0.2, 0) is 5.79 Å². The maximum Gasteiger partial charge on any atom is 0.311 e. The minimum absolute atomic E-state index is 0.0108. The van der Waals surface area contributed by atoms with Gasteiger partial charge in [0.15, 0.2) is 11.5 Å². The molecule has 2 aliphatic rings. The van der Waals surface area contributed by atoms with Gasteiger partial charge in [-0.3, -0.25) is 4.79 Å². The minimum atomic E-state index is -2.04. The number of nitrogens with zero attached hydrogens (tertiary/aromatic N) is 1. The lowest BCUT2D eigenvalue weighted by molar-refractivity contribution is -0.0515. The first-order chi connectivity index (χ1) is 15.9. The van der Waals surface area contributed by atoms with Crippen LogP contribution >= 0.6 is 0 Å². The number of halogens is 3. The number of rotatable bonds is 3. The highest BCUT2D eigenvalue weighted by Gasteiger charge is 2.49. The molecule has 0 spiro atoms. The van der Waals surface area contributed by atoms with Gasteiger partial charge in [-0.2, -0.15) is 0 Å². The fourth-order valence-corrected chi connectivity index (χ4v) is 4.25. The van der Waals surface area contributed by atoms with Crippen LogP contribution in [0.4, 0.5) is 13.2 Å². The van der Waals surface area contributed by atoms with Crippen molar-refractivity contribution in [2.75, 3.05) is 13.1 Å². The lowest BCUT2D eigenvalue weighted by atomic mass is 9.96. The second kappa shape index (κ2) is 8.12. The topological polar surface area (TPSA) is 59.0 Å². The minimum Gasteiger partial charge on any atom is -0.440 e. The Hall–Kier alpha value is -3.52. The molecule has 5 nitrogen and oxygen atoms in total. The number of hydrogen-bond acceptors (Lipinski definition) is 4. The molecule has 0 bridgehead atoms. The summed E-state index contributed by atoms with van der Waals surface area (Å²) in [6, 6.07) is 13.4. The molecule has 5 rings (SSSR count). The van der Waals surface area contributed by atoms with Crippen LogP contribution in [0.25, 0.3) is 0 Å². The molecule has 2 aliphatic heterocycles. The van der Waals surface area contributed by atoms with Gasteiger partial charge in [-0.25, -0.2) is 13.2 Å². The standard InChI is InChI=1S/C25H20F3NO4/c26-19-7-3-1-5-17(19)25(18-6-2-4-8-20(18)27)32-22-13-16(21(28)14-23(22)33-25)24(31)29-11-9-15(30)10-12-29/h1-8,13-15,30H,9-12H2. The van der Waals surface area contributed by atoms with E-state index < -0.39 is 35.2 Å². The van der Waals surface area contributed by atoms with Gasteiger partial charge >= 0.3 is 5.79 Å². The highest BCUT2D eigenvalue weighted by atomic mass is 19.1. The van der Waals surface area contributed by atoms with Crippen LogP contribution in [0.3, 0.4) is 0 Å². The third kappa shape index (κ3) is 3.60. The molecule has 1 N–H and O–H groups in total. The second-order valence-corrected chi connectivity index (χ2v) is 8.08. The molecule has 0 radical (unpaired) electrons. The van der Waals surface area contributed by atoms with E-state index in [1.165, 1.54) is 47.4 Å². The van der Waals surface area contributed by atoms with Gasteiger partial charge < -0.3 is 19.5 Å². The van der Waals surface area contributed by atoms with Crippen molar-refractivity contribution in [3.05, 3.63) is 94.8 Å². The molecule has 1 saturated heterocycles. The van der Waals surface area contributed by atoms with Crippen LogP contribution in [0.15, 0.2) is 60.7 Å². The van der Waals surface area contributed by atoms with Crippen LogP contribution in [0.5, 0.6) is 11.5 Å². The summed E-state index contributed by atoms with van der Waals surface area (Å²) in [5.74, 6) is -4.92. The van der Waals surface area contributed by atoms with Crippen LogP contribution in [-0.4, -0.2) is 35.1 Å². The molecule has 3 aromatic carbocycles. The van der Waals surface area contributed by atoms with E-state index in [4.69, 9.17) is 9.47 Å². The maximum absolute atomic E-state index is 15.0. The number of carbonyl (C=O) groups is 1. The van der Waals surface area contributed by atoms with Crippen molar-refractivity contribution in [3.63, 3.8) is 0 Å². The smallest absolute Gasteiger partial charge is 0.311 e. The van der Waals surface area contributed by atoms with Crippen molar-refractivity contribution in [3.8, 4) is 11.5 Å². The summed E-state index contributed by atoms with van der Waals surface area (Å²) in [5, 5.41) is 9.67. The Morgan fingerprint density at radius 1 is 0.848 bits per heavy atom. The Morgan fingerprint density at radius 2 is 1.36 bits per heavy atom. The molecular formula is C25H20F3NO4.